The summed E-state index contributed by atoms with van der Waals surface area (Å²) in [4.78, 5) is 5.24. The van der Waals surface area contributed by atoms with Crippen molar-refractivity contribution in [1.29, 1.82) is 0 Å². The number of hydroxylamine groups is 2. The highest BCUT2D eigenvalue weighted by atomic mass is 35.5. The predicted octanol–water partition coefficient (Wildman–Crippen LogP) is 2.61. The van der Waals surface area contributed by atoms with Crippen LogP contribution in [0.4, 0.5) is 0 Å². The smallest absolute Gasteiger partial charge is 0.0750 e. The van der Waals surface area contributed by atoms with Gasteiger partial charge in [-0.1, -0.05) is 30.7 Å². The van der Waals surface area contributed by atoms with Crippen LogP contribution in [0, 0.1) is 0 Å². The first-order valence-electron chi connectivity index (χ1n) is 5.38. The molecule has 0 saturated heterocycles. The summed E-state index contributed by atoms with van der Waals surface area (Å²) in [6, 6.07) is 7.76. The lowest BCUT2D eigenvalue weighted by atomic mass is 9.98. The molecule has 0 radical (unpaired) electrons. The van der Waals surface area contributed by atoms with Crippen LogP contribution in [0.5, 0.6) is 0 Å². The summed E-state index contributed by atoms with van der Waals surface area (Å²) >= 11 is 5.98. The highest BCUT2D eigenvalue weighted by molar-refractivity contribution is 6.30. The fourth-order valence-electron chi connectivity index (χ4n) is 1.75. The highest BCUT2D eigenvalue weighted by Crippen LogP contribution is 2.25. The van der Waals surface area contributed by atoms with Crippen LogP contribution >= 0.6 is 11.6 Å². The molecule has 90 valence electrons. The lowest BCUT2D eigenvalue weighted by molar-refractivity contribution is -0.148. The third-order valence-corrected chi connectivity index (χ3v) is 2.98. The van der Waals surface area contributed by atoms with Crippen LogP contribution in [-0.2, 0) is 4.84 Å². The van der Waals surface area contributed by atoms with E-state index in [0.29, 0.717) is 0 Å². The maximum absolute atomic E-state index is 6.11. The summed E-state index contributed by atoms with van der Waals surface area (Å²) in [5.74, 6) is 0. The van der Waals surface area contributed by atoms with Crippen LogP contribution in [0.2, 0.25) is 5.02 Å². The molecule has 0 aliphatic rings. The molecular weight excluding hydrogens is 224 g/mol. The van der Waals surface area contributed by atoms with E-state index in [2.05, 4.69) is 6.92 Å². The molecule has 0 amide bonds. The van der Waals surface area contributed by atoms with Gasteiger partial charge in [-0.25, -0.2) is 0 Å². The molecule has 0 heterocycles. The minimum atomic E-state index is 0.0171. The molecule has 0 saturated carbocycles. The summed E-state index contributed by atoms with van der Waals surface area (Å²) in [7, 11) is 3.51. The van der Waals surface area contributed by atoms with Crippen molar-refractivity contribution in [1.82, 2.24) is 5.06 Å². The zero-order chi connectivity index (χ0) is 12.1. The lowest BCUT2D eigenvalue weighted by Gasteiger charge is -2.30. The Kier molecular flexibility index (Phi) is 5.22. The van der Waals surface area contributed by atoms with Crippen molar-refractivity contribution in [2.75, 3.05) is 14.2 Å². The number of nitrogens with zero attached hydrogens (tertiary/aromatic N) is 1. The van der Waals surface area contributed by atoms with Gasteiger partial charge in [0.15, 0.2) is 0 Å². The van der Waals surface area contributed by atoms with Gasteiger partial charge in [0.25, 0.3) is 0 Å². The molecule has 2 unspecified atom stereocenters. The van der Waals surface area contributed by atoms with Crippen LogP contribution in [0.15, 0.2) is 24.3 Å². The molecule has 0 fully saturated rings. The molecule has 1 aromatic carbocycles. The van der Waals surface area contributed by atoms with E-state index in [1.807, 2.05) is 31.3 Å². The molecule has 0 aliphatic carbocycles. The normalized spacial score (nSPS) is 15.1. The van der Waals surface area contributed by atoms with E-state index < -0.39 is 0 Å². The average Bonchev–Trinajstić information content (AvgIpc) is 2.29. The minimum absolute atomic E-state index is 0.0171. The first-order chi connectivity index (χ1) is 7.60. The molecule has 0 aromatic heterocycles. The van der Waals surface area contributed by atoms with Crippen molar-refractivity contribution in [2.24, 2.45) is 5.73 Å². The van der Waals surface area contributed by atoms with Crippen molar-refractivity contribution in [3.63, 3.8) is 0 Å². The van der Waals surface area contributed by atoms with Gasteiger partial charge in [-0.2, -0.15) is 5.06 Å². The van der Waals surface area contributed by atoms with Gasteiger partial charge in [-0.05, 0) is 24.1 Å². The lowest BCUT2D eigenvalue weighted by Crippen LogP contribution is -2.38. The van der Waals surface area contributed by atoms with Crippen LogP contribution in [0.25, 0.3) is 0 Å². The molecule has 0 aliphatic heterocycles. The number of likely N-dealkylation sites (N-methyl/N-ethyl adjacent to an activating group) is 1. The Hall–Kier alpha value is -0.610. The zero-order valence-corrected chi connectivity index (χ0v) is 10.7. The Bertz CT molecular complexity index is 323. The van der Waals surface area contributed by atoms with E-state index in [4.69, 9.17) is 22.2 Å². The topological polar surface area (TPSA) is 38.5 Å². The Balaban J connectivity index is 3.00. The van der Waals surface area contributed by atoms with Crippen LogP contribution in [0.1, 0.15) is 24.9 Å². The molecule has 4 heteroatoms. The number of nitrogens with two attached hydrogens (primary N) is 1. The second-order valence-corrected chi connectivity index (χ2v) is 4.24. The van der Waals surface area contributed by atoms with E-state index in [1.54, 1.807) is 12.2 Å². The molecule has 1 rings (SSSR count). The fourth-order valence-corrected chi connectivity index (χ4v) is 1.95. The van der Waals surface area contributed by atoms with Crippen LogP contribution < -0.4 is 5.73 Å². The molecule has 0 bridgehead atoms. The first kappa shape index (κ1) is 13.5. The third kappa shape index (κ3) is 3.19. The van der Waals surface area contributed by atoms with E-state index in [9.17, 15) is 0 Å². The minimum Gasteiger partial charge on any atom is -0.326 e. The van der Waals surface area contributed by atoms with E-state index >= 15 is 0 Å². The maximum atomic E-state index is 6.11. The average molecular weight is 243 g/mol. The number of benzene rings is 1. The SMILES string of the molecule is CCC(N)C(c1cccc(Cl)c1)N(C)OC. The Morgan fingerprint density at radius 1 is 1.50 bits per heavy atom. The van der Waals surface area contributed by atoms with Crippen molar-refractivity contribution in [2.45, 2.75) is 25.4 Å². The number of hydrogen-bond acceptors (Lipinski definition) is 3. The van der Waals surface area contributed by atoms with Gasteiger partial charge in [0.2, 0.25) is 0 Å². The largest absolute Gasteiger partial charge is 0.326 e. The Labute approximate surface area is 102 Å². The summed E-state index contributed by atoms with van der Waals surface area (Å²) < 4.78 is 0. The summed E-state index contributed by atoms with van der Waals surface area (Å²) in [5.41, 5.74) is 7.19. The van der Waals surface area contributed by atoms with Crippen LogP contribution in [-0.4, -0.2) is 25.3 Å². The van der Waals surface area contributed by atoms with Crippen molar-refractivity contribution >= 4 is 11.6 Å². The Morgan fingerprint density at radius 3 is 2.69 bits per heavy atom. The van der Waals surface area contributed by atoms with Crippen LogP contribution in [0.3, 0.4) is 0 Å². The Morgan fingerprint density at radius 2 is 2.19 bits per heavy atom. The van der Waals surface area contributed by atoms with E-state index in [0.717, 1.165) is 17.0 Å². The van der Waals surface area contributed by atoms with Gasteiger partial charge < -0.3 is 10.6 Å². The van der Waals surface area contributed by atoms with Gasteiger partial charge >= 0.3 is 0 Å². The second-order valence-electron chi connectivity index (χ2n) is 3.80. The predicted molar refractivity (Wildman–Crippen MR) is 67.2 cm³/mol. The summed E-state index contributed by atoms with van der Waals surface area (Å²) in [5, 5.41) is 2.48. The summed E-state index contributed by atoms with van der Waals surface area (Å²) in [6.45, 7) is 2.06. The monoisotopic (exact) mass is 242 g/mol. The van der Waals surface area contributed by atoms with Crippen molar-refractivity contribution in [3.05, 3.63) is 34.9 Å². The standard InChI is InChI=1S/C12H19ClN2O/c1-4-11(14)12(15(2)16-3)9-6-5-7-10(13)8-9/h5-8,11-12H,4,14H2,1-3H3. The molecule has 2 N–H and O–H groups in total. The first-order valence-corrected chi connectivity index (χ1v) is 5.76. The summed E-state index contributed by atoms with van der Waals surface area (Å²) in [6.07, 6.45) is 0.880. The number of halogens is 1. The van der Waals surface area contributed by atoms with Gasteiger partial charge in [-0.15, -0.1) is 0 Å². The molecular formula is C12H19ClN2O. The van der Waals surface area contributed by atoms with Crippen molar-refractivity contribution < 1.29 is 4.84 Å². The zero-order valence-electron chi connectivity index (χ0n) is 9.98. The van der Waals surface area contributed by atoms with E-state index in [-0.39, 0.29) is 12.1 Å². The fraction of sp³-hybridized carbons (Fsp3) is 0.500. The van der Waals surface area contributed by atoms with Crippen molar-refractivity contribution in [3.8, 4) is 0 Å². The molecule has 0 spiro atoms. The number of hydrogen-bond donors (Lipinski definition) is 1. The second kappa shape index (κ2) is 6.21. The highest BCUT2D eigenvalue weighted by Gasteiger charge is 2.23. The molecule has 16 heavy (non-hydrogen) atoms. The van der Waals surface area contributed by atoms with Gasteiger partial charge in [0, 0.05) is 18.1 Å². The van der Waals surface area contributed by atoms with E-state index in [1.165, 1.54) is 0 Å². The quantitative estimate of drug-likeness (QED) is 0.807. The number of rotatable bonds is 5. The molecule has 1 aromatic rings. The van der Waals surface area contributed by atoms with Gasteiger partial charge in [0.05, 0.1) is 13.2 Å². The van der Waals surface area contributed by atoms with Gasteiger partial charge in [0.1, 0.15) is 0 Å². The van der Waals surface area contributed by atoms with Gasteiger partial charge in [-0.3, -0.25) is 0 Å². The third-order valence-electron chi connectivity index (χ3n) is 2.75. The maximum Gasteiger partial charge on any atom is 0.0750 e. The molecule has 2 atom stereocenters. The molecule has 3 nitrogen and oxygen atoms in total.